The van der Waals surface area contributed by atoms with Crippen LogP contribution in [0.1, 0.15) is 19.3 Å². The second-order valence-corrected chi connectivity index (χ2v) is 5.57. The van der Waals surface area contributed by atoms with Gasteiger partial charge in [0.15, 0.2) is 6.61 Å². The lowest BCUT2D eigenvalue weighted by Gasteiger charge is -2.10. The molecule has 112 valence electrons. The van der Waals surface area contributed by atoms with Crippen LogP contribution in [-0.4, -0.2) is 18.5 Å². The van der Waals surface area contributed by atoms with E-state index >= 15 is 0 Å². The van der Waals surface area contributed by atoms with E-state index in [1.165, 1.54) is 0 Å². The van der Waals surface area contributed by atoms with Crippen molar-refractivity contribution < 1.29 is 14.3 Å². The summed E-state index contributed by atoms with van der Waals surface area (Å²) in [5.74, 6) is -0.601. The molecule has 0 unspecified atom stereocenters. The third-order valence-corrected chi connectivity index (χ3v) is 3.95. The molecule has 1 aromatic carbocycles. The van der Waals surface area contributed by atoms with Crippen LogP contribution >= 0.6 is 23.2 Å². The summed E-state index contributed by atoms with van der Waals surface area (Å²) in [6.07, 6.45) is 6.31. The maximum Gasteiger partial charge on any atom is 0.306 e. The average molecular weight is 328 g/mol. The zero-order valence-corrected chi connectivity index (χ0v) is 12.8. The van der Waals surface area contributed by atoms with Crippen LogP contribution < -0.4 is 5.32 Å². The third-order valence-electron chi connectivity index (χ3n) is 3.13. The van der Waals surface area contributed by atoms with Gasteiger partial charge in [-0.1, -0.05) is 41.4 Å². The van der Waals surface area contributed by atoms with Gasteiger partial charge < -0.3 is 10.1 Å². The van der Waals surface area contributed by atoms with E-state index in [2.05, 4.69) is 5.32 Å². The minimum absolute atomic E-state index is 0.225. The topological polar surface area (TPSA) is 55.4 Å². The van der Waals surface area contributed by atoms with Crippen LogP contribution in [0.2, 0.25) is 10.0 Å². The van der Waals surface area contributed by atoms with E-state index in [1.807, 2.05) is 12.2 Å². The number of nitrogens with one attached hydrogen (secondary N) is 1. The molecule has 1 aromatic rings. The molecular weight excluding hydrogens is 313 g/mol. The smallest absolute Gasteiger partial charge is 0.306 e. The van der Waals surface area contributed by atoms with E-state index in [9.17, 15) is 9.59 Å². The van der Waals surface area contributed by atoms with Crippen molar-refractivity contribution in [1.82, 2.24) is 0 Å². The monoisotopic (exact) mass is 327 g/mol. The molecule has 4 nitrogen and oxygen atoms in total. The fraction of sp³-hybridized carbons (Fsp3) is 0.333. The molecule has 0 saturated carbocycles. The molecule has 1 aliphatic rings. The third kappa shape index (κ3) is 4.76. The van der Waals surface area contributed by atoms with Gasteiger partial charge in [-0.3, -0.25) is 9.59 Å². The Morgan fingerprint density at radius 1 is 1.33 bits per heavy atom. The van der Waals surface area contributed by atoms with Gasteiger partial charge in [0.25, 0.3) is 5.91 Å². The van der Waals surface area contributed by atoms with Crippen molar-refractivity contribution >= 4 is 40.8 Å². The molecular formula is C15H15Cl2NO3. The second-order valence-electron chi connectivity index (χ2n) is 4.78. The highest BCUT2D eigenvalue weighted by Gasteiger charge is 2.16. The predicted molar refractivity (Wildman–Crippen MR) is 82.5 cm³/mol. The summed E-state index contributed by atoms with van der Waals surface area (Å²) in [4.78, 5) is 23.3. The molecule has 1 atom stereocenters. The normalized spacial score (nSPS) is 16.8. The Bertz CT molecular complexity index is 572. The minimum atomic E-state index is -0.450. The van der Waals surface area contributed by atoms with Gasteiger partial charge >= 0.3 is 5.97 Å². The van der Waals surface area contributed by atoms with Crippen LogP contribution in [0, 0.1) is 5.92 Å². The van der Waals surface area contributed by atoms with E-state index < -0.39 is 5.91 Å². The van der Waals surface area contributed by atoms with Crippen molar-refractivity contribution in [3.63, 3.8) is 0 Å². The van der Waals surface area contributed by atoms with Crippen molar-refractivity contribution in [3.05, 3.63) is 40.4 Å². The zero-order chi connectivity index (χ0) is 15.2. The Labute approximate surface area is 133 Å². The number of benzene rings is 1. The lowest BCUT2D eigenvalue weighted by atomic mass is 10.1. The average Bonchev–Trinajstić information content (AvgIpc) is 2.94. The van der Waals surface area contributed by atoms with Gasteiger partial charge in [0, 0.05) is 0 Å². The Hall–Kier alpha value is -1.52. The van der Waals surface area contributed by atoms with Crippen LogP contribution in [-0.2, 0) is 14.3 Å². The highest BCUT2D eigenvalue weighted by Crippen LogP contribution is 2.29. The quantitative estimate of drug-likeness (QED) is 0.660. The second kappa shape index (κ2) is 7.48. The molecule has 0 bridgehead atoms. The van der Waals surface area contributed by atoms with Gasteiger partial charge in [0.2, 0.25) is 0 Å². The van der Waals surface area contributed by atoms with Gasteiger partial charge in [0.1, 0.15) is 0 Å². The number of carbonyl (C=O) groups is 2. The summed E-state index contributed by atoms with van der Waals surface area (Å²) in [5.41, 5.74) is 0.393. The number of anilines is 1. The molecule has 1 amide bonds. The lowest BCUT2D eigenvalue weighted by Crippen LogP contribution is -2.21. The summed E-state index contributed by atoms with van der Waals surface area (Å²) >= 11 is 11.8. The molecule has 6 heteroatoms. The highest BCUT2D eigenvalue weighted by atomic mass is 35.5. The fourth-order valence-electron chi connectivity index (χ4n) is 2.07. The Kier molecular flexibility index (Phi) is 5.65. The number of esters is 1. The van der Waals surface area contributed by atoms with Gasteiger partial charge in [-0.25, -0.2) is 0 Å². The van der Waals surface area contributed by atoms with E-state index in [0.29, 0.717) is 17.1 Å². The van der Waals surface area contributed by atoms with Crippen LogP contribution in [0.5, 0.6) is 0 Å². The van der Waals surface area contributed by atoms with E-state index in [1.54, 1.807) is 18.2 Å². The maximum absolute atomic E-state index is 11.7. The standard InChI is InChI=1S/C15H15Cl2NO3/c16-11-6-3-7-12(15(11)17)18-13(19)9-21-14(20)8-10-4-1-2-5-10/h1,3-4,6-7,10H,2,5,8-9H2,(H,18,19)/t10-/m0/s1. The first-order valence-corrected chi connectivity index (χ1v) is 7.38. The van der Waals surface area contributed by atoms with Crippen LogP contribution in [0.15, 0.2) is 30.4 Å². The fourth-order valence-corrected chi connectivity index (χ4v) is 2.42. The van der Waals surface area contributed by atoms with Crippen molar-refractivity contribution in [2.75, 3.05) is 11.9 Å². The van der Waals surface area contributed by atoms with Gasteiger partial charge in [0.05, 0.1) is 22.2 Å². The Morgan fingerprint density at radius 3 is 2.86 bits per heavy atom. The zero-order valence-electron chi connectivity index (χ0n) is 11.3. The van der Waals surface area contributed by atoms with Crippen molar-refractivity contribution in [3.8, 4) is 0 Å². The van der Waals surface area contributed by atoms with Gasteiger partial charge in [-0.05, 0) is 30.9 Å². The molecule has 0 heterocycles. The molecule has 0 aliphatic heterocycles. The number of amides is 1. The molecule has 2 rings (SSSR count). The first-order valence-electron chi connectivity index (χ1n) is 6.62. The molecule has 0 saturated heterocycles. The molecule has 1 aliphatic carbocycles. The molecule has 0 spiro atoms. The number of hydrogen-bond donors (Lipinski definition) is 1. The van der Waals surface area contributed by atoms with E-state index in [4.69, 9.17) is 27.9 Å². The highest BCUT2D eigenvalue weighted by molar-refractivity contribution is 6.43. The summed E-state index contributed by atoms with van der Waals surface area (Å²) in [6, 6.07) is 4.91. The number of hydrogen-bond acceptors (Lipinski definition) is 3. The van der Waals surface area contributed by atoms with E-state index in [0.717, 1.165) is 12.8 Å². The Morgan fingerprint density at radius 2 is 2.14 bits per heavy atom. The number of allylic oxidation sites excluding steroid dienone is 2. The predicted octanol–water partition coefficient (Wildman–Crippen LogP) is 3.83. The number of halogens is 2. The van der Waals surface area contributed by atoms with E-state index in [-0.39, 0.29) is 23.5 Å². The van der Waals surface area contributed by atoms with Crippen LogP contribution in [0.25, 0.3) is 0 Å². The van der Waals surface area contributed by atoms with Crippen LogP contribution in [0.4, 0.5) is 5.69 Å². The first kappa shape index (κ1) is 15.9. The molecule has 1 N–H and O–H groups in total. The summed E-state index contributed by atoms with van der Waals surface area (Å²) in [7, 11) is 0. The summed E-state index contributed by atoms with van der Waals surface area (Å²) < 4.78 is 4.95. The molecule has 0 radical (unpaired) electrons. The lowest BCUT2D eigenvalue weighted by molar-refractivity contribution is -0.147. The summed E-state index contributed by atoms with van der Waals surface area (Å²) in [6.45, 7) is -0.335. The van der Waals surface area contributed by atoms with Gasteiger partial charge in [-0.2, -0.15) is 0 Å². The first-order chi connectivity index (χ1) is 10.1. The van der Waals surface area contributed by atoms with Gasteiger partial charge in [-0.15, -0.1) is 0 Å². The number of rotatable bonds is 5. The minimum Gasteiger partial charge on any atom is -0.456 e. The molecule has 0 aromatic heterocycles. The SMILES string of the molecule is O=C(COC(=O)C[C@H]1C=CCC1)Nc1cccc(Cl)c1Cl. The number of carbonyl (C=O) groups excluding carboxylic acids is 2. The van der Waals surface area contributed by atoms with Crippen LogP contribution in [0.3, 0.4) is 0 Å². The molecule has 21 heavy (non-hydrogen) atoms. The largest absolute Gasteiger partial charge is 0.456 e. The molecule has 0 fully saturated rings. The number of ether oxygens (including phenoxy) is 1. The Balaban J connectivity index is 1.78. The van der Waals surface area contributed by atoms with Crippen molar-refractivity contribution in [2.24, 2.45) is 5.92 Å². The van der Waals surface area contributed by atoms with Crippen molar-refractivity contribution in [1.29, 1.82) is 0 Å². The summed E-state index contributed by atoms with van der Waals surface area (Å²) in [5, 5.41) is 3.16. The maximum atomic E-state index is 11.7. The van der Waals surface area contributed by atoms with Crippen molar-refractivity contribution in [2.45, 2.75) is 19.3 Å².